The van der Waals surface area contributed by atoms with Crippen molar-refractivity contribution in [2.75, 3.05) is 31.1 Å². The zero-order chi connectivity index (χ0) is 18.4. The van der Waals surface area contributed by atoms with Crippen LogP contribution in [0.4, 0.5) is 5.69 Å². The van der Waals surface area contributed by atoms with Crippen LogP contribution >= 0.6 is 0 Å². The third-order valence-electron chi connectivity index (χ3n) is 4.29. The van der Waals surface area contributed by atoms with Crippen LogP contribution in [0, 0.1) is 0 Å². The number of nitrogens with one attached hydrogen (secondary N) is 2. The number of hydrogen-bond acceptors (Lipinski definition) is 3. The number of para-hydroxylation sites is 2. The number of aromatic hydroxyl groups is 1. The Morgan fingerprint density at radius 2 is 1.92 bits per heavy atom. The standard InChI is InChI=1S/C20H24N4O2/c1-2-21-20(24-14-11-15-7-3-5-9-17(15)24)23-13-12-22-19(26)16-8-4-6-10-18(16)25/h3-10,25H,2,11-14H2,1H3,(H,21,23)(H,22,26). The molecule has 2 aromatic rings. The molecule has 1 aliphatic rings. The lowest BCUT2D eigenvalue weighted by Crippen LogP contribution is -2.41. The fourth-order valence-corrected chi connectivity index (χ4v) is 3.05. The summed E-state index contributed by atoms with van der Waals surface area (Å²) in [5.41, 5.74) is 2.79. The molecule has 6 nitrogen and oxygen atoms in total. The molecule has 136 valence electrons. The van der Waals surface area contributed by atoms with E-state index in [1.165, 1.54) is 17.3 Å². The second-order valence-corrected chi connectivity index (χ2v) is 6.04. The van der Waals surface area contributed by atoms with Crippen LogP contribution in [0.2, 0.25) is 0 Å². The summed E-state index contributed by atoms with van der Waals surface area (Å²) in [6.07, 6.45) is 1.00. The first-order valence-corrected chi connectivity index (χ1v) is 8.90. The van der Waals surface area contributed by atoms with Crippen molar-refractivity contribution in [3.05, 3.63) is 59.7 Å². The van der Waals surface area contributed by atoms with E-state index in [1.54, 1.807) is 18.2 Å². The summed E-state index contributed by atoms with van der Waals surface area (Å²) < 4.78 is 0. The lowest BCUT2D eigenvalue weighted by Gasteiger charge is -2.22. The van der Waals surface area contributed by atoms with E-state index in [-0.39, 0.29) is 17.2 Å². The van der Waals surface area contributed by atoms with E-state index in [0.717, 1.165) is 25.5 Å². The second-order valence-electron chi connectivity index (χ2n) is 6.04. The van der Waals surface area contributed by atoms with E-state index in [4.69, 9.17) is 0 Å². The Kier molecular flexibility index (Phi) is 5.73. The van der Waals surface area contributed by atoms with Crippen molar-refractivity contribution >= 4 is 17.6 Å². The molecule has 3 N–H and O–H groups in total. The lowest BCUT2D eigenvalue weighted by atomic mass is 10.2. The molecule has 0 radical (unpaired) electrons. The van der Waals surface area contributed by atoms with Crippen LogP contribution in [0.5, 0.6) is 5.75 Å². The largest absolute Gasteiger partial charge is 0.507 e. The molecule has 0 saturated carbocycles. The number of benzene rings is 2. The van der Waals surface area contributed by atoms with Crippen LogP contribution in [-0.2, 0) is 6.42 Å². The minimum atomic E-state index is -0.296. The smallest absolute Gasteiger partial charge is 0.255 e. The van der Waals surface area contributed by atoms with Gasteiger partial charge in [0.25, 0.3) is 5.91 Å². The van der Waals surface area contributed by atoms with E-state index in [0.29, 0.717) is 13.1 Å². The molecule has 0 aliphatic carbocycles. The number of aliphatic imine (C=N–C) groups is 1. The fraction of sp³-hybridized carbons (Fsp3) is 0.300. The Labute approximate surface area is 153 Å². The Hall–Kier alpha value is -3.02. The number of fused-ring (bicyclic) bond motifs is 1. The zero-order valence-corrected chi connectivity index (χ0v) is 14.9. The molecule has 0 spiro atoms. The molecule has 26 heavy (non-hydrogen) atoms. The summed E-state index contributed by atoms with van der Waals surface area (Å²) in [4.78, 5) is 18.9. The molecule has 1 amide bonds. The van der Waals surface area contributed by atoms with Crippen molar-refractivity contribution in [1.29, 1.82) is 0 Å². The summed E-state index contributed by atoms with van der Waals surface area (Å²) in [7, 11) is 0. The van der Waals surface area contributed by atoms with E-state index >= 15 is 0 Å². The van der Waals surface area contributed by atoms with Crippen LogP contribution in [0.15, 0.2) is 53.5 Å². The van der Waals surface area contributed by atoms with Crippen molar-refractivity contribution in [1.82, 2.24) is 10.6 Å². The van der Waals surface area contributed by atoms with Gasteiger partial charge >= 0.3 is 0 Å². The topological polar surface area (TPSA) is 77.0 Å². The molecular weight excluding hydrogens is 328 g/mol. The second kappa shape index (κ2) is 8.38. The predicted octanol–water partition coefficient (Wildman–Crippen LogP) is 2.15. The van der Waals surface area contributed by atoms with E-state index in [1.807, 2.05) is 13.0 Å². The summed E-state index contributed by atoms with van der Waals surface area (Å²) in [6, 6.07) is 14.9. The number of phenolic OH excluding ortho intramolecular Hbond substituents is 1. The van der Waals surface area contributed by atoms with Crippen molar-refractivity contribution in [2.45, 2.75) is 13.3 Å². The molecule has 3 rings (SSSR count). The van der Waals surface area contributed by atoms with Crippen molar-refractivity contribution in [2.24, 2.45) is 4.99 Å². The monoisotopic (exact) mass is 352 g/mol. The highest BCUT2D eigenvalue weighted by Crippen LogP contribution is 2.27. The lowest BCUT2D eigenvalue weighted by molar-refractivity contribution is 0.0952. The number of rotatable bonds is 5. The summed E-state index contributed by atoms with van der Waals surface area (Å²) in [6.45, 7) is 4.58. The van der Waals surface area contributed by atoms with Gasteiger partial charge in [-0.15, -0.1) is 0 Å². The molecular formula is C20H24N4O2. The third kappa shape index (κ3) is 3.96. The molecule has 0 atom stereocenters. The third-order valence-corrected chi connectivity index (χ3v) is 4.29. The average molecular weight is 352 g/mol. The molecule has 2 aromatic carbocycles. The SMILES string of the molecule is CCNC(=NCCNC(=O)c1ccccc1O)N1CCc2ccccc21. The number of amides is 1. The highest BCUT2D eigenvalue weighted by atomic mass is 16.3. The summed E-state index contributed by atoms with van der Waals surface area (Å²) >= 11 is 0. The Bertz CT molecular complexity index is 804. The molecule has 0 aromatic heterocycles. The van der Waals surface area contributed by atoms with Crippen LogP contribution in [0.25, 0.3) is 0 Å². The highest BCUT2D eigenvalue weighted by molar-refractivity contribution is 5.98. The summed E-state index contributed by atoms with van der Waals surface area (Å²) in [5, 5.41) is 15.8. The number of nitrogens with zero attached hydrogens (tertiary/aromatic N) is 2. The Balaban J connectivity index is 1.60. The van der Waals surface area contributed by atoms with Gasteiger partial charge in [-0.2, -0.15) is 0 Å². The average Bonchev–Trinajstić information content (AvgIpc) is 3.08. The maximum absolute atomic E-state index is 12.1. The molecule has 1 heterocycles. The molecule has 6 heteroatoms. The number of guanidine groups is 1. The van der Waals surface area contributed by atoms with Crippen molar-refractivity contribution < 1.29 is 9.90 Å². The van der Waals surface area contributed by atoms with E-state index in [2.05, 4.69) is 38.7 Å². The van der Waals surface area contributed by atoms with Gasteiger partial charge in [0, 0.05) is 25.3 Å². The minimum Gasteiger partial charge on any atom is -0.507 e. The predicted molar refractivity (Wildman–Crippen MR) is 104 cm³/mol. The first kappa shape index (κ1) is 17.8. The van der Waals surface area contributed by atoms with Crippen LogP contribution in [-0.4, -0.2) is 43.2 Å². The Morgan fingerprint density at radius 3 is 2.73 bits per heavy atom. The summed E-state index contributed by atoms with van der Waals surface area (Å²) in [5.74, 6) is 0.514. The molecule has 0 fully saturated rings. The van der Waals surface area contributed by atoms with Gasteiger partial charge in [0.1, 0.15) is 5.75 Å². The van der Waals surface area contributed by atoms with Gasteiger partial charge in [0.05, 0.1) is 12.1 Å². The number of hydrogen-bond donors (Lipinski definition) is 3. The van der Waals surface area contributed by atoms with Crippen LogP contribution in [0.3, 0.4) is 0 Å². The molecule has 1 aliphatic heterocycles. The fourth-order valence-electron chi connectivity index (χ4n) is 3.05. The molecule has 0 saturated heterocycles. The van der Waals surface area contributed by atoms with E-state index in [9.17, 15) is 9.90 Å². The van der Waals surface area contributed by atoms with Gasteiger partial charge in [-0.25, -0.2) is 0 Å². The molecule has 0 unspecified atom stereocenters. The first-order chi connectivity index (χ1) is 12.7. The van der Waals surface area contributed by atoms with Gasteiger partial charge in [0.2, 0.25) is 0 Å². The van der Waals surface area contributed by atoms with Crippen molar-refractivity contribution in [3.8, 4) is 5.75 Å². The van der Waals surface area contributed by atoms with Crippen LogP contribution in [0.1, 0.15) is 22.8 Å². The quantitative estimate of drug-likeness (QED) is 0.438. The Morgan fingerprint density at radius 1 is 1.15 bits per heavy atom. The van der Waals surface area contributed by atoms with E-state index < -0.39 is 0 Å². The molecule has 0 bridgehead atoms. The van der Waals surface area contributed by atoms with Gasteiger partial charge in [0.15, 0.2) is 5.96 Å². The maximum atomic E-state index is 12.1. The number of carbonyl (C=O) groups excluding carboxylic acids is 1. The van der Waals surface area contributed by atoms with Crippen LogP contribution < -0.4 is 15.5 Å². The number of carbonyl (C=O) groups is 1. The zero-order valence-electron chi connectivity index (χ0n) is 14.9. The highest BCUT2D eigenvalue weighted by Gasteiger charge is 2.22. The number of phenols is 1. The normalized spacial score (nSPS) is 13.4. The van der Waals surface area contributed by atoms with Gasteiger partial charge in [-0.05, 0) is 37.1 Å². The van der Waals surface area contributed by atoms with Gasteiger partial charge in [-0.3, -0.25) is 9.79 Å². The van der Waals surface area contributed by atoms with Gasteiger partial charge < -0.3 is 20.6 Å². The van der Waals surface area contributed by atoms with Crippen molar-refractivity contribution in [3.63, 3.8) is 0 Å². The maximum Gasteiger partial charge on any atom is 0.255 e. The first-order valence-electron chi connectivity index (χ1n) is 8.90. The number of anilines is 1. The van der Waals surface area contributed by atoms with Gasteiger partial charge in [-0.1, -0.05) is 30.3 Å². The minimum absolute atomic E-state index is 0.0180.